The first kappa shape index (κ1) is 23.3. The van der Waals surface area contributed by atoms with Crippen molar-refractivity contribution in [3.63, 3.8) is 0 Å². The van der Waals surface area contributed by atoms with Crippen LogP contribution in [0.2, 0.25) is 5.02 Å². The van der Waals surface area contributed by atoms with Crippen molar-refractivity contribution in [3.8, 4) is 6.07 Å². The van der Waals surface area contributed by atoms with Crippen molar-refractivity contribution >= 4 is 33.9 Å². The summed E-state index contributed by atoms with van der Waals surface area (Å²) in [6.07, 6.45) is 5.06. The largest absolute Gasteiger partial charge is 0.377 e. The Morgan fingerprint density at radius 3 is 2.61 bits per heavy atom. The minimum absolute atomic E-state index is 0.0415. The first-order chi connectivity index (χ1) is 17.5. The molecule has 0 aliphatic rings. The summed E-state index contributed by atoms with van der Waals surface area (Å²) in [6, 6.07) is 19.6. The van der Waals surface area contributed by atoms with Gasteiger partial charge in [-0.25, -0.2) is 0 Å². The number of nitrogens with zero attached hydrogens (tertiary/aromatic N) is 5. The number of aromatic nitrogens is 5. The molecule has 3 aromatic heterocycles. The molecule has 36 heavy (non-hydrogen) atoms. The highest BCUT2D eigenvalue weighted by Gasteiger charge is 2.21. The predicted molar refractivity (Wildman–Crippen MR) is 141 cm³/mol. The fourth-order valence-corrected chi connectivity index (χ4v) is 4.52. The summed E-state index contributed by atoms with van der Waals surface area (Å²) in [7, 11) is 0. The monoisotopic (exact) mass is 494 g/mol. The summed E-state index contributed by atoms with van der Waals surface area (Å²) in [5.74, 6) is 0. The number of pyridine rings is 2. The van der Waals surface area contributed by atoms with E-state index in [0.717, 1.165) is 27.9 Å². The molecule has 0 aliphatic carbocycles. The zero-order valence-electron chi connectivity index (χ0n) is 19.7. The number of fused-ring (bicyclic) bond motifs is 1. The lowest BCUT2D eigenvalue weighted by molar-refractivity contribution is 0.838. The number of hydrogen-bond donors (Lipinski definition) is 3. The van der Waals surface area contributed by atoms with E-state index in [2.05, 4.69) is 49.0 Å². The van der Waals surface area contributed by atoms with Gasteiger partial charge < -0.3 is 10.6 Å². The van der Waals surface area contributed by atoms with Crippen LogP contribution < -0.4 is 10.6 Å². The average molecular weight is 495 g/mol. The predicted octanol–water partition coefficient (Wildman–Crippen LogP) is 5.96. The third kappa shape index (κ3) is 4.57. The van der Waals surface area contributed by atoms with Gasteiger partial charge in [-0.05, 0) is 37.6 Å². The van der Waals surface area contributed by atoms with Crippen LogP contribution in [0.5, 0.6) is 0 Å². The Labute approximate surface area is 213 Å². The van der Waals surface area contributed by atoms with Gasteiger partial charge >= 0.3 is 0 Å². The maximum atomic E-state index is 9.85. The van der Waals surface area contributed by atoms with Gasteiger partial charge in [0.05, 0.1) is 27.8 Å². The molecular weight excluding hydrogens is 472 g/mol. The molecule has 8 nitrogen and oxygen atoms in total. The second-order valence-corrected chi connectivity index (χ2v) is 8.85. The van der Waals surface area contributed by atoms with Crippen LogP contribution in [-0.2, 0) is 0 Å². The average Bonchev–Trinajstić information content (AvgIpc) is 3.43. The topological polar surface area (TPSA) is 115 Å². The lowest BCUT2D eigenvalue weighted by atomic mass is 10.0. The molecule has 3 N–H and O–H groups in total. The summed E-state index contributed by atoms with van der Waals surface area (Å²) in [5.41, 5.74) is 6.12. The number of rotatable bonds is 7. The maximum Gasteiger partial charge on any atom is 0.109 e. The molecule has 5 aromatic rings. The van der Waals surface area contributed by atoms with E-state index in [1.54, 1.807) is 18.6 Å². The van der Waals surface area contributed by atoms with Crippen molar-refractivity contribution in [1.29, 1.82) is 5.26 Å². The van der Waals surface area contributed by atoms with Gasteiger partial charge in [0, 0.05) is 47.0 Å². The Bertz CT molecular complexity index is 1540. The number of H-pyrrole nitrogens is 1. The quantitative estimate of drug-likeness (QED) is 0.256. The normalized spacial score (nSPS) is 12.6. The van der Waals surface area contributed by atoms with E-state index in [9.17, 15) is 5.26 Å². The van der Waals surface area contributed by atoms with E-state index < -0.39 is 0 Å². The van der Waals surface area contributed by atoms with Crippen molar-refractivity contribution in [2.24, 2.45) is 0 Å². The molecule has 0 saturated heterocycles. The summed E-state index contributed by atoms with van der Waals surface area (Å²) >= 11 is 6.71. The lowest BCUT2D eigenvalue weighted by Crippen LogP contribution is -2.15. The first-order valence-corrected chi connectivity index (χ1v) is 11.8. The van der Waals surface area contributed by atoms with E-state index in [1.807, 2.05) is 61.5 Å². The lowest BCUT2D eigenvalue weighted by Gasteiger charge is -2.22. The minimum atomic E-state index is -0.322. The Hall–Kier alpha value is -4.48. The van der Waals surface area contributed by atoms with Gasteiger partial charge in [0.1, 0.15) is 11.8 Å². The van der Waals surface area contributed by atoms with Crippen LogP contribution in [0.1, 0.15) is 47.1 Å². The number of hydrogen-bond acceptors (Lipinski definition) is 7. The SMILES string of the molecule is Cc1ncccc1[C@H](Nc1cc(Cl)c2ncc(C#N)c(N[C@H](C)c3ccccc3)c2c1)c1c[nH]nn1. The van der Waals surface area contributed by atoms with Crippen LogP contribution in [0.25, 0.3) is 10.9 Å². The van der Waals surface area contributed by atoms with Gasteiger partial charge in [0.25, 0.3) is 0 Å². The summed E-state index contributed by atoms with van der Waals surface area (Å²) in [5, 5.41) is 29.0. The van der Waals surface area contributed by atoms with Gasteiger partial charge in [-0.1, -0.05) is 53.2 Å². The first-order valence-electron chi connectivity index (χ1n) is 11.4. The number of halogens is 1. The molecule has 0 saturated carbocycles. The van der Waals surface area contributed by atoms with E-state index >= 15 is 0 Å². The van der Waals surface area contributed by atoms with E-state index in [4.69, 9.17) is 11.6 Å². The molecule has 0 amide bonds. The smallest absolute Gasteiger partial charge is 0.109 e. The molecule has 5 rings (SSSR count). The molecule has 9 heteroatoms. The van der Waals surface area contributed by atoms with Crippen molar-refractivity contribution in [2.45, 2.75) is 25.9 Å². The molecule has 178 valence electrons. The minimum Gasteiger partial charge on any atom is -0.377 e. The van der Waals surface area contributed by atoms with Gasteiger partial charge in [-0.3, -0.25) is 15.1 Å². The summed E-state index contributed by atoms with van der Waals surface area (Å²) < 4.78 is 0. The van der Waals surface area contributed by atoms with Crippen LogP contribution in [0.15, 0.2) is 73.2 Å². The Morgan fingerprint density at radius 2 is 1.89 bits per heavy atom. The van der Waals surface area contributed by atoms with Crippen molar-refractivity contribution < 1.29 is 0 Å². The Balaban J connectivity index is 1.60. The summed E-state index contributed by atoms with van der Waals surface area (Å²) in [4.78, 5) is 8.91. The van der Waals surface area contributed by atoms with Crippen LogP contribution in [0, 0.1) is 18.3 Å². The summed E-state index contributed by atoms with van der Waals surface area (Å²) in [6.45, 7) is 4.01. The van der Waals surface area contributed by atoms with Crippen LogP contribution in [-0.4, -0.2) is 25.4 Å². The van der Waals surface area contributed by atoms with Crippen molar-refractivity contribution in [2.75, 3.05) is 10.6 Å². The molecule has 3 heterocycles. The maximum absolute atomic E-state index is 9.85. The molecule has 0 radical (unpaired) electrons. The number of aromatic amines is 1. The molecule has 2 aromatic carbocycles. The molecule has 0 aliphatic heterocycles. The Kier molecular flexibility index (Phi) is 6.48. The third-order valence-corrected chi connectivity index (χ3v) is 6.40. The molecule has 0 unspecified atom stereocenters. The van der Waals surface area contributed by atoms with Crippen LogP contribution in [0.4, 0.5) is 11.4 Å². The third-order valence-electron chi connectivity index (χ3n) is 6.11. The number of anilines is 2. The van der Waals surface area contributed by atoms with Gasteiger partial charge in [-0.2, -0.15) is 5.26 Å². The fraction of sp³-hybridized carbons (Fsp3) is 0.148. The van der Waals surface area contributed by atoms with Gasteiger partial charge in [-0.15, -0.1) is 5.10 Å². The highest BCUT2D eigenvalue weighted by molar-refractivity contribution is 6.35. The molecule has 0 fully saturated rings. The zero-order chi connectivity index (χ0) is 25.1. The number of nitriles is 1. The second kappa shape index (κ2) is 10.0. The second-order valence-electron chi connectivity index (χ2n) is 8.44. The highest BCUT2D eigenvalue weighted by atomic mass is 35.5. The molecule has 0 bridgehead atoms. The molecule has 0 spiro atoms. The van der Waals surface area contributed by atoms with E-state index in [-0.39, 0.29) is 12.1 Å². The zero-order valence-corrected chi connectivity index (χ0v) is 20.5. The molecular formula is C27H23ClN8. The Morgan fingerprint density at radius 1 is 1.06 bits per heavy atom. The number of nitrogens with one attached hydrogen (secondary N) is 3. The van der Waals surface area contributed by atoms with Crippen LogP contribution in [0.3, 0.4) is 0 Å². The van der Waals surface area contributed by atoms with Gasteiger partial charge in [0.15, 0.2) is 0 Å². The highest BCUT2D eigenvalue weighted by Crippen LogP contribution is 2.37. The molecule has 2 atom stereocenters. The standard InChI is InChI=1S/C27H23ClN8/c1-16(18-7-4-3-5-8-18)33-25-19(13-29)14-31-26-22(25)11-20(12-23(26)28)34-27(24-15-32-36-35-24)21-9-6-10-30-17(21)2/h3-12,14-16,27,34H,1-2H3,(H,31,33)(H,32,35,36)/t16-,27+/m1/s1. The van der Waals surface area contributed by atoms with Crippen molar-refractivity contribution in [1.82, 2.24) is 25.4 Å². The van der Waals surface area contributed by atoms with Crippen LogP contribution >= 0.6 is 11.6 Å². The van der Waals surface area contributed by atoms with Crippen molar-refractivity contribution in [3.05, 3.63) is 106 Å². The number of benzene rings is 2. The number of aryl methyl sites for hydroxylation is 1. The van der Waals surface area contributed by atoms with E-state index in [1.165, 1.54) is 0 Å². The fourth-order valence-electron chi connectivity index (χ4n) is 4.26. The van der Waals surface area contributed by atoms with E-state index in [0.29, 0.717) is 27.5 Å². The van der Waals surface area contributed by atoms with Gasteiger partial charge in [0.2, 0.25) is 0 Å².